The summed E-state index contributed by atoms with van der Waals surface area (Å²) in [5.74, 6) is 0. The summed E-state index contributed by atoms with van der Waals surface area (Å²) in [5, 5.41) is 0. The molecule has 0 aliphatic carbocycles. The molecular formula is C64H137ClGeN4. The van der Waals surface area contributed by atoms with Gasteiger partial charge in [0.2, 0.25) is 0 Å². The molecule has 70 heavy (non-hydrogen) atoms. The molecule has 0 radical (unpaired) electrons. The van der Waals surface area contributed by atoms with E-state index in [1.165, 1.54) is 386 Å². The van der Waals surface area contributed by atoms with Gasteiger partial charge in [0.05, 0.1) is 0 Å². The minimum absolute atomic E-state index is 0. The summed E-state index contributed by atoms with van der Waals surface area (Å²) >= 11 is -2.87. The van der Waals surface area contributed by atoms with Gasteiger partial charge < -0.3 is 0 Å². The molecule has 0 atom stereocenters. The van der Waals surface area contributed by atoms with Crippen LogP contribution in [0.3, 0.4) is 0 Å². The van der Waals surface area contributed by atoms with Crippen LogP contribution in [0, 0.1) is 0 Å². The molecule has 0 bridgehead atoms. The Morgan fingerprint density at radius 3 is 0.371 bits per heavy atom. The Kier molecular flexibility index (Phi) is 68.4. The molecule has 0 fully saturated rings. The van der Waals surface area contributed by atoms with Gasteiger partial charge in [-0.2, -0.15) is 0 Å². The number of hydrogen-bond acceptors (Lipinski definition) is 4. The Bertz CT molecular complexity index is 752. The summed E-state index contributed by atoms with van der Waals surface area (Å²) in [7, 11) is 0. The van der Waals surface area contributed by atoms with E-state index in [0.717, 1.165) is 0 Å². The van der Waals surface area contributed by atoms with Crippen molar-refractivity contribution in [2.24, 2.45) is 0 Å². The van der Waals surface area contributed by atoms with Crippen molar-refractivity contribution in [2.75, 3.05) is 26.2 Å². The van der Waals surface area contributed by atoms with Gasteiger partial charge in [0.25, 0.3) is 0 Å². The van der Waals surface area contributed by atoms with E-state index in [1.54, 1.807) is 0 Å². The molecule has 0 unspecified atom stereocenters. The molecule has 4 N–H and O–H groups in total. The van der Waals surface area contributed by atoms with Crippen LogP contribution in [-0.4, -0.2) is 40.3 Å². The molecule has 0 aliphatic rings. The van der Waals surface area contributed by atoms with Crippen LogP contribution in [0.5, 0.6) is 0 Å². The number of rotatable bonds is 64. The molecule has 0 amide bonds. The van der Waals surface area contributed by atoms with Crippen molar-refractivity contribution in [3.63, 3.8) is 0 Å². The number of unbranched alkanes of at least 4 members (excludes halogenated alkanes) is 52. The van der Waals surface area contributed by atoms with Gasteiger partial charge in [-0.1, -0.05) is 130 Å². The number of halogens is 1. The maximum absolute atomic E-state index is 4.28. The first-order valence-corrected chi connectivity index (χ1v) is 37.4. The molecule has 4 nitrogen and oxygen atoms in total. The van der Waals surface area contributed by atoms with E-state index < -0.39 is 14.2 Å². The molecule has 0 aromatic rings. The minimum Gasteiger partial charge on any atom is -0.147 e. The fraction of sp³-hybridized carbons (Fsp3) is 1.00. The molecule has 0 rings (SSSR count). The van der Waals surface area contributed by atoms with Crippen molar-refractivity contribution in [3.05, 3.63) is 0 Å². The second-order valence-electron chi connectivity index (χ2n) is 22.8. The smallest absolute Gasteiger partial charge is 0.147 e. The summed E-state index contributed by atoms with van der Waals surface area (Å²) in [5.41, 5.74) is 0. The predicted molar refractivity (Wildman–Crippen MR) is 326 cm³/mol. The summed E-state index contributed by atoms with van der Waals surface area (Å²) in [6, 6.07) is 0. The van der Waals surface area contributed by atoms with E-state index in [9.17, 15) is 0 Å². The van der Waals surface area contributed by atoms with Crippen LogP contribution in [-0.2, 0) is 0 Å². The molecule has 6 heteroatoms. The zero-order valence-electron chi connectivity index (χ0n) is 49.3. The van der Waals surface area contributed by atoms with E-state index in [-0.39, 0.29) is 12.4 Å². The van der Waals surface area contributed by atoms with E-state index in [2.05, 4.69) is 44.8 Å². The van der Waals surface area contributed by atoms with E-state index >= 15 is 0 Å². The van der Waals surface area contributed by atoms with Gasteiger partial charge in [-0.15, -0.1) is 12.4 Å². The van der Waals surface area contributed by atoms with Gasteiger partial charge >= 0.3 is 314 Å². The summed E-state index contributed by atoms with van der Waals surface area (Å²) in [6.07, 6.45) is 80.3. The topological polar surface area (TPSA) is 48.1 Å². The molecule has 0 aromatic heterocycles. The second kappa shape index (κ2) is 65.8. The molecule has 0 saturated heterocycles. The molecule has 0 aromatic carbocycles. The average Bonchev–Trinajstić information content (AvgIpc) is 3.36. The van der Waals surface area contributed by atoms with E-state index in [1.807, 2.05) is 0 Å². The fourth-order valence-electron chi connectivity index (χ4n) is 10.8. The van der Waals surface area contributed by atoms with Crippen LogP contribution in [0.25, 0.3) is 0 Å². The van der Waals surface area contributed by atoms with Crippen molar-refractivity contribution in [1.29, 1.82) is 0 Å². The molecule has 0 aliphatic heterocycles. The zero-order chi connectivity index (χ0) is 49.8. The predicted octanol–water partition coefficient (Wildman–Crippen LogP) is 22.1. The quantitative estimate of drug-likeness (QED) is 0.0362. The number of nitrogens with one attached hydrogen (secondary N) is 4. The minimum atomic E-state index is -2.87. The number of hydrogen-bond donors (Lipinski definition) is 4. The standard InChI is InChI=1S/C64H136GeN4.ClH/c1-5-9-13-17-21-25-29-33-37-41-45-49-53-57-61-66-65(67-62-58-54-50-46-42-38-34-30-26-22-18-14-10-6-2,68-63-59-55-51-47-43-39-35-31-27-23-19-15-11-7-3)69-64-60-56-52-48-44-40-36-32-28-24-20-16-12-8-4;/h66-69H,5-64H2,1-4H3;1H. The third kappa shape index (κ3) is 59.5. The first-order valence-electron chi connectivity index (χ1n) is 33.2. The van der Waals surface area contributed by atoms with Crippen LogP contribution in [0.1, 0.15) is 387 Å². The summed E-state index contributed by atoms with van der Waals surface area (Å²) in [4.78, 5) is 0. The van der Waals surface area contributed by atoms with Crippen molar-refractivity contribution >= 4 is 26.6 Å². The van der Waals surface area contributed by atoms with Gasteiger partial charge in [-0.05, 0) is 0 Å². The monoisotopic (exact) mass is 1070 g/mol. The van der Waals surface area contributed by atoms with Crippen LogP contribution in [0.2, 0.25) is 0 Å². The van der Waals surface area contributed by atoms with Crippen LogP contribution in [0.4, 0.5) is 0 Å². The Labute approximate surface area is 454 Å². The van der Waals surface area contributed by atoms with Crippen molar-refractivity contribution in [1.82, 2.24) is 17.1 Å². The molecule has 424 valence electrons. The van der Waals surface area contributed by atoms with E-state index in [4.69, 9.17) is 0 Å². The Morgan fingerprint density at radius 1 is 0.157 bits per heavy atom. The normalized spacial score (nSPS) is 11.8. The van der Waals surface area contributed by atoms with Gasteiger partial charge in [-0.25, -0.2) is 0 Å². The van der Waals surface area contributed by atoms with Crippen LogP contribution < -0.4 is 17.1 Å². The third-order valence-electron chi connectivity index (χ3n) is 15.7. The summed E-state index contributed by atoms with van der Waals surface area (Å²) < 4.78 is 17.1. The summed E-state index contributed by atoms with van der Waals surface area (Å²) in [6.45, 7) is 14.0. The van der Waals surface area contributed by atoms with Gasteiger partial charge in [-0.3, -0.25) is 0 Å². The van der Waals surface area contributed by atoms with Crippen molar-refractivity contribution < 1.29 is 0 Å². The molecule has 0 spiro atoms. The third-order valence-corrected chi connectivity index (χ3v) is 22.2. The first kappa shape index (κ1) is 72.7. The Hall–Kier alpha value is 0.673. The SMILES string of the molecule is CCCCCCCCCCCCCCCC[NH][Ge]([NH]CCCCCCCCCCCCCCCC)([NH]CCCCCCCCCCCCCCCC)[NH]CCCCCCCCCCCCCCCC.Cl. The van der Waals surface area contributed by atoms with E-state index in [0.29, 0.717) is 0 Å². The zero-order valence-corrected chi connectivity index (χ0v) is 52.2. The van der Waals surface area contributed by atoms with Gasteiger partial charge in [0.15, 0.2) is 0 Å². The van der Waals surface area contributed by atoms with Gasteiger partial charge in [0, 0.05) is 0 Å². The van der Waals surface area contributed by atoms with Crippen LogP contribution >= 0.6 is 12.4 Å². The molecule has 0 heterocycles. The average molecular weight is 1070 g/mol. The molecule has 0 saturated carbocycles. The maximum atomic E-state index is 4.28. The first-order chi connectivity index (χ1) is 34.2. The van der Waals surface area contributed by atoms with Crippen molar-refractivity contribution in [2.45, 2.75) is 387 Å². The van der Waals surface area contributed by atoms with Crippen LogP contribution in [0.15, 0.2) is 0 Å². The van der Waals surface area contributed by atoms with Crippen molar-refractivity contribution in [3.8, 4) is 0 Å². The Morgan fingerprint density at radius 2 is 0.257 bits per heavy atom. The Balaban J connectivity index is 0. The second-order valence-corrected chi connectivity index (χ2v) is 29.0. The molecular weight excluding hydrogens is 933 g/mol. The fourth-order valence-corrected chi connectivity index (χ4v) is 17.0. The van der Waals surface area contributed by atoms with Gasteiger partial charge in [0.1, 0.15) is 0 Å².